The maximum atomic E-state index is 13.4. The van der Waals surface area contributed by atoms with Gasteiger partial charge in [-0.3, -0.25) is 9.89 Å². The third kappa shape index (κ3) is 4.10. The van der Waals surface area contributed by atoms with Crippen molar-refractivity contribution in [2.75, 3.05) is 13.1 Å². The Kier molecular flexibility index (Phi) is 5.85. The summed E-state index contributed by atoms with van der Waals surface area (Å²) in [6.07, 6.45) is 4.10. The Morgan fingerprint density at radius 1 is 1.06 bits per heavy atom. The first-order valence-corrected chi connectivity index (χ1v) is 12.1. The zero-order chi connectivity index (χ0) is 22.1. The Bertz CT molecular complexity index is 1250. The van der Waals surface area contributed by atoms with Crippen molar-refractivity contribution < 1.29 is 4.79 Å². The van der Waals surface area contributed by atoms with Gasteiger partial charge in [-0.15, -0.1) is 0 Å². The normalized spacial score (nSPS) is 16.7. The molecule has 162 valence electrons. The predicted molar refractivity (Wildman–Crippen MR) is 125 cm³/mol. The lowest BCUT2D eigenvalue weighted by Gasteiger charge is -2.32. The number of nitriles is 1. The third-order valence-electron chi connectivity index (χ3n) is 6.14. The zero-order valence-corrected chi connectivity index (χ0v) is 19.2. The molecule has 1 aliphatic carbocycles. The van der Waals surface area contributed by atoms with Crippen LogP contribution in [0, 0.1) is 16.1 Å². The van der Waals surface area contributed by atoms with Gasteiger partial charge < -0.3 is 9.47 Å². The number of likely N-dealkylation sites (tertiary alicyclic amines) is 1. The quantitative estimate of drug-likeness (QED) is 0.521. The first-order chi connectivity index (χ1) is 15.7. The molecule has 2 aliphatic rings. The number of amides is 1. The molecule has 1 saturated heterocycles. The molecule has 1 amide bonds. The average Bonchev–Trinajstić information content (AvgIpc) is 3.60. The average molecular weight is 462 g/mol. The van der Waals surface area contributed by atoms with E-state index >= 15 is 0 Å². The molecule has 2 fully saturated rings. The fourth-order valence-electron chi connectivity index (χ4n) is 4.30. The van der Waals surface area contributed by atoms with Crippen LogP contribution in [0.2, 0.25) is 0 Å². The van der Waals surface area contributed by atoms with Crippen molar-refractivity contribution in [3.05, 3.63) is 70.3 Å². The van der Waals surface area contributed by atoms with Crippen LogP contribution in [-0.2, 0) is 0 Å². The highest BCUT2D eigenvalue weighted by Crippen LogP contribution is 2.39. The second kappa shape index (κ2) is 8.93. The molecule has 1 saturated carbocycles. The number of rotatable bonds is 5. The molecule has 8 heteroatoms. The highest BCUT2D eigenvalue weighted by Gasteiger charge is 2.33. The minimum absolute atomic E-state index is 0.0436. The molecule has 32 heavy (non-hydrogen) atoms. The van der Waals surface area contributed by atoms with E-state index in [2.05, 4.69) is 20.8 Å². The van der Waals surface area contributed by atoms with E-state index < -0.39 is 0 Å². The number of piperidine rings is 1. The van der Waals surface area contributed by atoms with Crippen molar-refractivity contribution in [1.29, 1.82) is 5.26 Å². The van der Waals surface area contributed by atoms with Crippen LogP contribution >= 0.6 is 24.0 Å². The van der Waals surface area contributed by atoms with Gasteiger partial charge in [0.1, 0.15) is 11.9 Å². The second-order valence-electron chi connectivity index (χ2n) is 8.26. The molecule has 5 rings (SSSR count). The highest BCUT2D eigenvalue weighted by atomic mass is 32.2. The number of carbonyl (C=O) groups is 1. The minimum atomic E-state index is 0.0436. The topological polar surface area (TPSA) is 77.7 Å². The smallest absolute Gasteiger partial charge is 0.255 e. The zero-order valence-electron chi connectivity index (χ0n) is 17.5. The molecule has 1 aliphatic heterocycles. The number of aromatic amines is 1. The fourth-order valence-corrected chi connectivity index (χ4v) is 5.61. The van der Waals surface area contributed by atoms with Gasteiger partial charge in [-0.1, -0.05) is 36.0 Å². The number of hydrogen-bond acceptors (Lipinski definition) is 5. The molecule has 0 bridgehead atoms. The van der Waals surface area contributed by atoms with Crippen molar-refractivity contribution in [3.8, 4) is 6.07 Å². The van der Waals surface area contributed by atoms with Gasteiger partial charge in [0.2, 0.25) is 0 Å². The monoisotopic (exact) mass is 461 g/mol. The van der Waals surface area contributed by atoms with Crippen LogP contribution in [0.1, 0.15) is 59.4 Å². The maximum absolute atomic E-state index is 13.4. The molecule has 0 atom stereocenters. The third-order valence-corrected chi connectivity index (χ3v) is 7.58. The van der Waals surface area contributed by atoms with E-state index in [0.29, 0.717) is 40.9 Å². The number of aromatic nitrogens is 3. The number of benzene rings is 2. The highest BCUT2D eigenvalue weighted by molar-refractivity contribution is 7.99. The summed E-state index contributed by atoms with van der Waals surface area (Å²) in [5.41, 5.74) is 1.30. The molecular formula is C24H23N5OS2. The minimum Gasteiger partial charge on any atom is -0.339 e. The Balaban J connectivity index is 1.31. The van der Waals surface area contributed by atoms with Crippen molar-refractivity contribution in [2.45, 2.75) is 47.4 Å². The summed E-state index contributed by atoms with van der Waals surface area (Å²) in [7, 11) is 0. The van der Waals surface area contributed by atoms with Gasteiger partial charge in [-0.2, -0.15) is 10.4 Å². The Morgan fingerprint density at radius 3 is 2.47 bits per heavy atom. The molecule has 2 heterocycles. The van der Waals surface area contributed by atoms with Crippen molar-refractivity contribution in [3.63, 3.8) is 0 Å². The molecule has 0 spiro atoms. The number of H-pyrrole nitrogens is 1. The van der Waals surface area contributed by atoms with E-state index in [1.54, 1.807) is 6.07 Å². The van der Waals surface area contributed by atoms with Gasteiger partial charge in [-0.05, 0) is 62.2 Å². The molecular weight excluding hydrogens is 438 g/mol. The van der Waals surface area contributed by atoms with E-state index in [1.165, 1.54) is 24.6 Å². The number of hydrogen-bond donors (Lipinski definition) is 1. The SMILES string of the molecule is N#Cc1ccccc1Sc1ccccc1C(=O)N1CCC(c2n[nH]c(=S)n2C2CC2)CC1. The lowest BCUT2D eigenvalue weighted by Crippen LogP contribution is -2.38. The molecule has 1 N–H and O–H groups in total. The summed E-state index contributed by atoms with van der Waals surface area (Å²) < 4.78 is 2.90. The second-order valence-corrected chi connectivity index (χ2v) is 9.73. The van der Waals surface area contributed by atoms with Crippen LogP contribution in [0.15, 0.2) is 58.3 Å². The van der Waals surface area contributed by atoms with Gasteiger partial charge in [0.05, 0.1) is 11.1 Å². The van der Waals surface area contributed by atoms with E-state index in [0.717, 1.165) is 28.5 Å². The molecule has 2 aromatic carbocycles. The number of carbonyl (C=O) groups excluding carboxylic acids is 1. The molecule has 0 radical (unpaired) electrons. The van der Waals surface area contributed by atoms with Crippen molar-refractivity contribution in [1.82, 2.24) is 19.7 Å². The number of nitrogens with zero attached hydrogens (tertiary/aromatic N) is 4. The molecule has 0 unspecified atom stereocenters. The van der Waals surface area contributed by atoms with Crippen LogP contribution in [0.25, 0.3) is 0 Å². The Labute approximate surface area is 196 Å². The van der Waals surface area contributed by atoms with E-state index in [4.69, 9.17) is 12.2 Å². The van der Waals surface area contributed by atoms with Crippen LogP contribution in [0.4, 0.5) is 0 Å². The predicted octanol–water partition coefficient (Wildman–Crippen LogP) is 5.32. The van der Waals surface area contributed by atoms with Crippen LogP contribution < -0.4 is 0 Å². The summed E-state index contributed by atoms with van der Waals surface area (Å²) >= 11 is 6.90. The standard InChI is InChI=1S/C24H23N5OS2/c25-15-17-5-1-3-7-20(17)32-21-8-4-2-6-19(21)23(30)28-13-11-16(12-14-28)22-26-27-24(31)29(22)18-9-10-18/h1-8,16,18H,9-14H2,(H,27,31). The van der Waals surface area contributed by atoms with E-state index in [1.807, 2.05) is 47.4 Å². The molecule has 1 aromatic heterocycles. The van der Waals surface area contributed by atoms with Gasteiger partial charge in [0.15, 0.2) is 4.77 Å². The summed E-state index contributed by atoms with van der Waals surface area (Å²) in [5.74, 6) is 1.41. The Morgan fingerprint density at radius 2 is 1.75 bits per heavy atom. The largest absolute Gasteiger partial charge is 0.339 e. The van der Waals surface area contributed by atoms with Gasteiger partial charge in [-0.25, -0.2) is 0 Å². The van der Waals surface area contributed by atoms with E-state index in [-0.39, 0.29) is 5.91 Å². The van der Waals surface area contributed by atoms with Crippen LogP contribution in [0.5, 0.6) is 0 Å². The van der Waals surface area contributed by atoms with Crippen molar-refractivity contribution in [2.24, 2.45) is 0 Å². The van der Waals surface area contributed by atoms with Gasteiger partial charge in [0, 0.05) is 34.8 Å². The first kappa shape index (κ1) is 21.0. The summed E-state index contributed by atoms with van der Waals surface area (Å²) in [4.78, 5) is 17.1. The van der Waals surface area contributed by atoms with Gasteiger partial charge in [0.25, 0.3) is 5.91 Å². The fraction of sp³-hybridized carbons (Fsp3) is 0.333. The lowest BCUT2D eigenvalue weighted by atomic mass is 9.95. The van der Waals surface area contributed by atoms with Gasteiger partial charge >= 0.3 is 0 Å². The Hall–Kier alpha value is -2.89. The summed E-state index contributed by atoms with van der Waals surface area (Å²) in [6, 6.07) is 17.9. The van der Waals surface area contributed by atoms with Crippen LogP contribution in [-0.4, -0.2) is 38.7 Å². The molecule has 6 nitrogen and oxygen atoms in total. The molecule has 3 aromatic rings. The van der Waals surface area contributed by atoms with E-state index in [9.17, 15) is 10.1 Å². The lowest BCUT2D eigenvalue weighted by molar-refractivity contribution is 0.0706. The maximum Gasteiger partial charge on any atom is 0.255 e. The first-order valence-electron chi connectivity index (χ1n) is 10.9. The van der Waals surface area contributed by atoms with Crippen LogP contribution in [0.3, 0.4) is 0 Å². The number of nitrogens with one attached hydrogen (secondary N) is 1. The van der Waals surface area contributed by atoms with Crippen molar-refractivity contribution >= 4 is 29.9 Å². The summed E-state index contributed by atoms with van der Waals surface area (Å²) in [6.45, 7) is 1.39. The summed E-state index contributed by atoms with van der Waals surface area (Å²) in [5, 5.41) is 16.9.